The smallest absolute Gasteiger partial charge is 0.294 e. The van der Waals surface area contributed by atoms with E-state index in [0.717, 1.165) is 32.1 Å². The molecule has 1 aliphatic carbocycles. The second kappa shape index (κ2) is 7.69. The van der Waals surface area contributed by atoms with Gasteiger partial charge in [0, 0.05) is 18.3 Å². The van der Waals surface area contributed by atoms with Crippen molar-refractivity contribution in [1.82, 2.24) is 5.32 Å². The molecule has 2 aliphatic rings. The van der Waals surface area contributed by atoms with E-state index in [1.807, 2.05) is 13.8 Å². The number of anilines is 1. The molecule has 0 amide bonds. The average Bonchev–Trinajstić information content (AvgIpc) is 2.59. The molecule has 9 nitrogen and oxygen atoms in total. The fourth-order valence-corrected chi connectivity index (χ4v) is 4.62. The third-order valence-corrected chi connectivity index (χ3v) is 6.07. The molecule has 1 fully saturated rings. The van der Waals surface area contributed by atoms with Gasteiger partial charge in [0.15, 0.2) is 0 Å². The minimum Gasteiger partial charge on any atom is -0.369 e. The zero-order valence-corrected chi connectivity index (χ0v) is 17.0. The molecule has 6 N–H and O–H groups in total. The van der Waals surface area contributed by atoms with Crippen molar-refractivity contribution in [2.24, 2.45) is 21.5 Å². The molecule has 0 radical (unpaired) electrons. The lowest BCUT2D eigenvalue weighted by Crippen LogP contribution is -2.58. The summed E-state index contributed by atoms with van der Waals surface area (Å²) in [5, 5.41) is 3.17. The summed E-state index contributed by atoms with van der Waals surface area (Å²) < 4.78 is 33.9. The summed E-state index contributed by atoms with van der Waals surface area (Å²) in [7, 11) is -4.42. The van der Waals surface area contributed by atoms with Crippen molar-refractivity contribution in [2.45, 2.75) is 69.1 Å². The molecule has 1 heterocycles. The molecule has 28 heavy (non-hydrogen) atoms. The third kappa shape index (κ3) is 4.13. The van der Waals surface area contributed by atoms with Crippen LogP contribution in [0.4, 0.5) is 5.69 Å². The van der Waals surface area contributed by atoms with E-state index in [1.54, 1.807) is 17.0 Å². The Morgan fingerprint density at radius 1 is 1.25 bits per heavy atom. The van der Waals surface area contributed by atoms with E-state index in [-0.39, 0.29) is 22.9 Å². The summed E-state index contributed by atoms with van der Waals surface area (Å²) in [6, 6.07) is 5.06. The Labute approximate surface area is 165 Å². The number of nitrogens with one attached hydrogen (secondary N) is 1. The van der Waals surface area contributed by atoms with Crippen LogP contribution in [0.2, 0.25) is 0 Å². The normalized spacial score (nSPS) is 19.6. The molecule has 0 unspecified atom stereocenters. The fraction of sp³-hybridized carbons (Fsp3) is 0.556. The van der Waals surface area contributed by atoms with Crippen molar-refractivity contribution in [3.8, 4) is 0 Å². The number of hydrogen-bond donors (Lipinski definition) is 4. The minimum atomic E-state index is -4.42. The Bertz CT molecular complexity index is 904. The van der Waals surface area contributed by atoms with Crippen LogP contribution >= 0.6 is 0 Å². The van der Waals surface area contributed by atoms with Crippen LogP contribution in [0.1, 0.15) is 51.5 Å². The van der Waals surface area contributed by atoms with E-state index in [1.165, 1.54) is 6.07 Å². The highest BCUT2D eigenvalue weighted by Crippen LogP contribution is 2.40. The monoisotopic (exact) mass is 408 g/mol. The first-order valence-corrected chi connectivity index (χ1v) is 10.9. The van der Waals surface area contributed by atoms with Crippen LogP contribution in [-0.4, -0.2) is 36.6 Å². The molecule has 3 rings (SSSR count). The zero-order chi connectivity index (χ0) is 20.5. The van der Waals surface area contributed by atoms with Crippen molar-refractivity contribution in [3.63, 3.8) is 0 Å². The van der Waals surface area contributed by atoms with E-state index in [0.29, 0.717) is 17.8 Å². The number of hydrogen-bond acceptors (Lipinski definition) is 8. The van der Waals surface area contributed by atoms with Gasteiger partial charge in [0.05, 0.1) is 0 Å². The van der Waals surface area contributed by atoms with Crippen LogP contribution in [0.5, 0.6) is 0 Å². The number of aliphatic imine (C=N–C) groups is 2. The first kappa shape index (κ1) is 20.6. The molecule has 0 aromatic heterocycles. The number of nitrogens with zero attached hydrogens (tertiary/aromatic N) is 3. The maximum atomic E-state index is 12.0. The van der Waals surface area contributed by atoms with Gasteiger partial charge in [-0.1, -0.05) is 26.3 Å². The first-order valence-electron chi connectivity index (χ1n) is 9.46. The first-order chi connectivity index (χ1) is 13.1. The van der Waals surface area contributed by atoms with Crippen LogP contribution in [0.3, 0.4) is 0 Å². The zero-order valence-electron chi connectivity index (χ0n) is 16.2. The molecule has 10 heteroatoms. The molecule has 154 valence electrons. The fourth-order valence-electron chi connectivity index (χ4n) is 3.88. The summed E-state index contributed by atoms with van der Waals surface area (Å²) >= 11 is 0. The summed E-state index contributed by atoms with van der Waals surface area (Å²) in [6.45, 7) is 4.23. The summed E-state index contributed by atoms with van der Waals surface area (Å²) in [4.78, 5) is 10.3. The molecule has 1 aromatic carbocycles. The van der Waals surface area contributed by atoms with Gasteiger partial charge in [-0.2, -0.15) is 13.4 Å². The van der Waals surface area contributed by atoms with E-state index in [2.05, 4.69) is 15.3 Å². The van der Waals surface area contributed by atoms with Gasteiger partial charge < -0.3 is 16.8 Å². The highest BCUT2D eigenvalue weighted by atomic mass is 32.2. The van der Waals surface area contributed by atoms with E-state index >= 15 is 0 Å². The summed E-state index contributed by atoms with van der Waals surface area (Å²) in [5.41, 5.74) is 12.4. The van der Waals surface area contributed by atoms with Gasteiger partial charge >= 0.3 is 0 Å². The van der Waals surface area contributed by atoms with E-state index in [9.17, 15) is 13.0 Å². The van der Waals surface area contributed by atoms with Crippen molar-refractivity contribution < 1.29 is 13.0 Å². The SMILES string of the molecule is CC(C)NCc1ccc(N2C(N)=NC(N)=NC23CCCCC3)cc1S(=O)(=O)O. The second-order valence-corrected chi connectivity index (χ2v) is 9.01. The Morgan fingerprint density at radius 3 is 2.54 bits per heavy atom. The van der Waals surface area contributed by atoms with Gasteiger partial charge in [-0.3, -0.25) is 9.45 Å². The van der Waals surface area contributed by atoms with Gasteiger partial charge in [0.2, 0.25) is 11.9 Å². The van der Waals surface area contributed by atoms with Gasteiger partial charge in [-0.25, -0.2) is 4.99 Å². The molecular weight excluding hydrogens is 380 g/mol. The van der Waals surface area contributed by atoms with Crippen molar-refractivity contribution in [1.29, 1.82) is 0 Å². The molecule has 1 aromatic rings. The number of guanidine groups is 2. The molecule has 1 aliphatic heterocycles. The minimum absolute atomic E-state index is 0.128. The van der Waals surface area contributed by atoms with Gasteiger partial charge in [-0.15, -0.1) is 0 Å². The molecular formula is C18H28N6O3S. The van der Waals surface area contributed by atoms with Crippen molar-refractivity contribution in [3.05, 3.63) is 23.8 Å². The predicted octanol–water partition coefficient (Wildman–Crippen LogP) is 1.54. The van der Waals surface area contributed by atoms with Crippen LogP contribution in [0, 0.1) is 0 Å². The van der Waals surface area contributed by atoms with E-state index < -0.39 is 15.8 Å². The highest BCUT2D eigenvalue weighted by molar-refractivity contribution is 7.85. The standard InChI is InChI=1S/C18H28N6O3S/c1-12(2)21-11-13-6-7-14(10-15(13)28(25,26)27)24-17(20)22-16(19)23-18(24)8-4-3-5-9-18/h6-7,10,12,21H,3-5,8-9,11H2,1-2H3,(H,25,26,27)(H4,19,20,22,23). The lowest BCUT2D eigenvalue weighted by molar-refractivity contribution is 0.305. The molecule has 1 spiro atoms. The second-order valence-electron chi connectivity index (χ2n) is 7.62. The maximum Gasteiger partial charge on any atom is 0.294 e. The van der Waals surface area contributed by atoms with Crippen molar-refractivity contribution in [2.75, 3.05) is 4.90 Å². The lowest BCUT2D eigenvalue weighted by atomic mass is 9.87. The number of benzene rings is 1. The summed E-state index contributed by atoms with van der Waals surface area (Å²) in [5.74, 6) is 0.298. The molecule has 0 atom stereocenters. The predicted molar refractivity (Wildman–Crippen MR) is 110 cm³/mol. The topological polar surface area (TPSA) is 146 Å². The Hall–Kier alpha value is -2.17. The van der Waals surface area contributed by atoms with Gasteiger partial charge in [0.25, 0.3) is 10.1 Å². The number of nitrogens with two attached hydrogens (primary N) is 2. The van der Waals surface area contributed by atoms with Gasteiger partial charge in [0.1, 0.15) is 10.6 Å². The largest absolute Gasteiger partial charge is 0.369 e. The lowest BCUT2D eigenvalue weighted by Gasteiger charge is -2.45. The number of rotatable bonds is 5. The Balaban J connectivity index is 2.07. The van der Waals surface area contributed by atoms with Crippen LogP contribution in [0.25, 0.3) is 0 Å². The average molecular weight is 409 g/mol. The molecule has 0 bridgehead atoms. The summed E-state index contributed by atoms with van der Waals surface area (Å²) in [6.07, 6.45) is 4.49. The Kier molecular flexibility index (Phi) is 5.64. The maximum absolute atomic E-state index is 12.0. The quantitative estimate of drug-likeness (QED) is 0.540. The van der Waals surface area contributed by atoms with Crippen LogP contribution < -0.4 is 21.7 Å². The van der Waals surface area contributed by atoms with Crippen LogP contribution in [-0.2, 0) is 16.7 Å². The van der Waals surface area contributed by atoms with Gasteiger partial charge in [-0.05, 0) is 43.4 Å². The molecule has 0 saturated heterocycles. The van der Waals surface area contributed by atoms with Crippen LogP contribution in [0.15, 0.2) is 33.1 Å². The van der Waals surface area contributed by atoms with E-state index in [4.69, 9.17) is 11.5 Å². The highest BCUT2D eigenvalue weighted by Gasteiger charge is 2.42. The third-order valence-electron chi connectivity index (χ3n) is 5.14. The van der Waals surface area contributed by atoms with Crippen molar-refractivity contribution >= 4 is 27.7 Å². The molecule has 1 saturated carbocycles. The Morgan fingerprint density at radius 2 is 1.93 bits per heavy atom.